The Balaban J connectivity index is 1.80. The molecule has 4 nitrogen and oxygen atoms in total. The normalized spacial score (nSPS) is 18.6. The summed E-state index contributed by atoms with van der Waals surface area (Å²) in [6, 6.07) is 12.0. The van der Waals surface area contributed by atoms with Crippen molar-refractivity contribution in [2.45, 2.75) is 72.1 Å². The molecule has 150 valence electrons. The molecule has 0 unspecified atom stereocenters. The van der Waals surface area contributed by atoms with Gasteiger partial charge in [0.25, 0.3) is 5.91 Å². The predicted molar refractivity (Wildman–Crippen MR) is 112 cm³/mol. The zero-order valence-electron chi connectivity index (χ0n) is 17.8. The van der Waals surface area contributed by atoms with Crippen molar-refractivity contribution in [1.29, 1.82) is 0 Å². The van der Waals surface area contributed by atoms with Gasteiger partial charge in [0.1, 0.15) is 17.1 Å². The minimum Gasteiger partial charge on any atom is -0.487 e. The van der Waals surface area contributed by atoms with Crippen LogP contribution in [0.4, 0.5) is 0 Å². The highest BCUT2D eigenvalue weighted by Crippen LogP contribution is 2.40. The van der Waals surface area contributed by atoms with Crippen molar-refractivity contribution in [2.75, 3.05) is 0 Å². The molecule has 28 heavy (non-hydrogen) atoms. The van der Waals surface area contributed by atoms with Crippen LogP contribution in [-0.4, -0.2) is 17.6 Å². The summed E-state index contributed by atoms with van der Waals surface area (Å²) >= 11 is 0. The van der Waals surface area contributed by atoms with Crippen LogP contribution >= 0.6 is 0 Å². The SMILES string of the molecule is CC[C@H](Oc1cccc(C)c1C)C(=O)N[C@H]1CC(C)(C)Oc2cc(C)ccc21. The molecular formula is C24H31NO3. The van der Waals surface area contributed by atoms with Crippen molar-refractivity contribution in [3.05, 3.63) is 58.7 Å². The standard InChI is InChI=1S/C24H31NO3/c1-7-20(27-21-10-8-9-16(3)17(21)4)23(26)25-19-14-24(5,6)28-22-13-15(2)11-12-18(19)22/h8-13,19-20H,7,14H2,1-6H3,(H,25,26)/t19-,20-/m0/s1. The molecule has 0 aliphatic carbocycles. The number of benzene rings is 2. The first-order chi connectivity index (χ1) is 13.2. The molecule has 1 aliphatic heterocycles. The van der Waals surface area contributed by atoms with E-state index in [-0.39, 0.29) is 17.6 Å². The molecule has 4 heteroatoms. The number of rotatable bonds is 5. The summed E-state index contributed by atoms with van der Waals surface area (Å²) in [7, 11) is 0. The second-order valence-electron chi connectivity index (χ2n) is 8.38. The van der Waals surface area contributed by atoms with Crippen molar-refractivity contribution in [1.82, 2.24) is 5.32 Å². The van der Waals surface area contributed by atoms with Gasteiger partial charge in [0.15, 0.2) is 6.10 Å². The Bertz CT molecular complexity index is 872. The van der Waals surface area contributed by atoms with E-state index < -0.39 is 6.10 Å². The molecule has 3 rings (SSSR count). The lowest BCUT2D eigenvalue weighted by molar-refractivity contribution is -0.129. The van der Waals surface area contributed by atoms with Gasteiger partial charge in [-0.15, -0.1) is 0 Å². The van der Waals surface area contributed by atoms with E-state index in [0.29, 0.717) is 12.8 Å². The van der Waals surface area contributed by atoms with E-state index in [4.69, 9.17) is 9.47 Å². The number of nitrogens with one attached hydrogen (secondary N) is 1. The second-order valence-corrected chi connectivity index (χ2v) is 8.38. The molecule has 0 radical (unpaired) electrons. The molecule has 0 bridgehead atoms. The van der Waals surface area contributed by atoms with Crippen LogP contribution in [0.15, 0.2) is 36.4 Å². The molecule has 1 N–H and O–H groups in total. The van der Waals surface area contributed by atoms with E-state index in [2.05, 4.69) is 31.3 Å². The maximum absolute atomic E-state index is 13.1. The topological polar surface area (TPSA) is 47.6 Å². The average Bonchev–Trinajstić information content (AvgIpc) is 2.61. The molecule has 0 aromatic heterocycles. The Morgan fingerprint density at radius 2 is 2.00 bits per heavy atom. The highest BCUT2D eigenvalue weighted by molar-refractivity contribution is 5.81. The Labute approximate surface area is 168 Å². The van der Waals surface area contributed by atoms with Crippen LogP contribution in [0.2, 0.25) is 0 Å². The summed E-state index contributed by atoms with van der Waals surface area (Å²) in [6.45, 7) is 12.2. The number of carbonyl (C=O) groups is 1. The van der Waals surface area contributed by atoms with E-state index >= 15 is 0 Å². The minimum atomic E-state index is -0.527. The molecule has 0 fully saturated rings. The van der Waals surface area contributed by atoms with Crippen molar-refractivity contribution in [3.63, 3.8) is 0 Å². The third kappa shape index (κ3) is 4.32. The maximum Gasteiger partial charge on any atom is 0.261 e. The molecule has 0 spiro atoms. The predicted octanol–water partition coefficient (Wildman–Crippen LogP) is 5.19. The van der Waals surface area contributed by atoms with Gasteiger partial charge in [0, 0.05) is 12.0 Å². The summed E-state index contributed by atoms with van der Waals surface area (Å²) < 4.78 is 12.2. The second kappa shape index (κ2) is 7.86. The van der Waals surface area contributed by atoms with E-state index in [1.54, 1.807) is 0 Å². The first-order valence-corrected chi connectivity index (χ1v) is 10.0. The first-order valence-electron chi connectivity index (χ1n) is 10.0. The average molecular weight is 382 g/mol. The summed E-state index contributed by atoms with van der Waals surface area (Å²) in [5, 5.41) is 3.21. The fraction of sp³-hybridized carbons (Fsp3) is 0.458. The van der Waals surface area contributed by atoms with Crippen molar-refractivity contribution in [3.8, 4) is 11.5 Å². The van der Waals surface area contributed by atoms with Crippen molar-refractivity contribution >= 4 is 5.91 Å². The quantitative estimate of drug-likeness (QED) is 0.775. The fourth-order valence-corrected chi connectivity index (χ4v) is 3.68. The summed E-state index contributed by atoms with van der Waals surface area (Å²) in [5.41, 5.74) is 4.06. The lowest BCUT2D eigenvalue weighted by atomic mass is 9.89. The molecule has 0 saturated carbocycles. The van der Waals surface area contributed by atoms with E-state index in [9.17, 15) is 4.79 Å². The monoisotopic (exact) mass is 381 g/mol. The summed E-state index contributed by atoms with van der Waals surface area (Å²) in [6.07, 6.45) is 0.793. The van der Waals surface area contributed by atoms with Gasteiger partial charge < -0.3 is 14.8 Å². The molecule has 0 saturated heterocycles. The van der Waals surface area contributed by atoms with Gasteiger partial charge in [-0.2, -0.15) is 0 Å². The zero-order valence-corrected chi connectivity index (χ0v) is 17.8. The number of amides is 1. The van der Waals surface area contributed by atoms with Crippen molar-refractivity contribution < 1.29 is 14.3 Å². The van der Waals surface area contributed by atoms with Crippen LogP contribution in [0, 0.1) is 20.8 Å². The van der Waals surface area contributed by atoms with Crippen LogP contribution < -0.4 is 14.8 Å². The number of carbonyl (C=O) groups excluding carboxylic acids is 1. The lowest BCUT2D eigenvalue weighted by Crippen LogP contribution is -2.45. The van der Waals surface area contributed by atoms with Crippen LogP contribution in [-0.2, 0) is 4.79 Å². The number of fused-ring (bicyclic) bond motifs is 1. The van der Waals surface area contributed by atoms with Crippen LogP contribution in [0.25, 0.3) is 0 Å². The third-order valence-corrected chi connectivity index (χ3v) is 5.43. The van der Waals surface area contributed by atoms with Crippen molar-refractivity contribution in [2.24, 2.45) is 0 Å². The lowest BCUT2D eigenvalue weighted by Gasteiger charge is -2.38. The summed E-state index contributed by atoms with van der Waals surface area (Å²) in [5.74, 6) is 1.54. The highest BCUT2D eigenvalue weighted by Gasteiger charge is 2.35. The van der Waals surface area contributed by atoms with Gasteiger partial charge in [-0.1, -0.05) is 31.2 Å². The molecular weight excluding hydrogens is 350 g/mol. The molecule has 1 heterocycles. The van der Waals surface area contributed by atoms with E-state index in [1.807, 2.05) is 52.0 Å². The van der Waals surface area contributed by atoms with Crippen LogP contribution in [0.1, 0.15) is 61.9 Å². The largest absolute Gasteiger partial charge is 0.487 e. The maximum atomic E-state index is 13.1. The molecule has 1 aliphatic rings. The number of aryl methyl sites for hydroxylation is 2. The third-order valence-electron chi connectivity index (χ3n) is 5.43. The number of hydrogen-bond donors (Lipinski definition) is 1. The Kier molecular flexibility index (Phi) is 5.69. The van der Waals surface area contributed by atoms with E-state index in [1.165, 1.54) is 0 Å². The first kappa shape index (κ1) is 20.2. The smallest absolute Gasteiger partial charge is 0.261 e. The van der Waals surface area contributed by atoms with Gasteiger partial charge >= 0.3 is 0 Å². The molecule has 2 aromatic carbocycles. The number of ether oxygens (including phenoxy) is 2. The van der Waals surface area contributed by atoms with Crippen LogP contribution in [0.5, 0.6) is 11.5 Å². The van der Waals surface area contributed by atoms with Gasteiger partial charge in [0.05, 0.1) is 6.04 Å². The zero-order chi connectivity index (χ0) is 20.5. The fourth-order valence-electron chi connectivity index (χ4n) is 3.68. The Morgan fingerprint density at radius 3 is 2.71 bits per heavy atom. The minimum absolute atomic E-state index is 0.0855. The summed E-state index contributed by atoms with van der Waals surface area (Å²) in [4.78, 5) is 13.1. The molecule has 1 amide bonds. The molecule has 2 aromatic rings. The van der Waals surface area contributed by atoms with E-state index in [0.717, 1.165) is 33.8 Å². The van der Waals surface area contributed by atoms with Gasteiger partial charge in [-0.25, -0.2) is 0 Å². The highest BCUT2D eigenvalue weighted by atomic mass is 16.5. The Hall–Kier alpha value is -2.49. The van der Waals surface area contributed by atoms with Gasteiger partial charge in [0.2, 0.25) is 0 Å². The Morgan fingerprint density at radius 1 is 1.25 bits per heavy atom. The van der Waals surface area contributed by atoms with Crippen LogP contribution in [0.3, 0.4) is 0 Å². The number of hydrogen-bond acceptors (Lipinski definition) is 3. The molecule has 2 atom stereocenters. The van der Waals surface area contributed by atoms with Gasteiger partial charge in [-0.05, 0) is 69.9 Å². The van der Waals surface area contributed by atoms with Gasteiger partial charge in [-0.3, -0.25) is 4.79 Å².